The smallest absolute Gasteiger partial charge is 0.242 e. The summed E-state index contributed by atoms with van der Waals surface area (Å²) in [6.45, 7) is 1.39. The summed E-state index contributed by atoms with van der Waals surface area (Å²) >= 11 is 1.59. The Labute approximate surface area is 232 Å². The van der Waals surface area contributed by atoms with Crippen LogP contribution in [0.1, 0.15) is 36.9 Å². The second-order valence-electron chi connectivity index (χ2n) is 9.09. The fraction of sp³-hybridized carbons (Fsp3) is 0.464. The van der Waals surface area contributed by atoms with Crippen molar-refractivity contribution in [3.05, 3.63) is 45.6 Å². The van der Waals surface area contributed by atoms with E-state index >= 15 is 0 Å². The number of carbonyl (C=O) groups is 2. The van der Waals surface area contributed by atoms with Gasteiger partial charge in [0.2, 0.25) is 23.0 Å². The van der Waals surface area contributed by atoms with Crippen LogP contribution < -0.4 is 35.6 Å². The number of aliphatic hydroxyl groups is 1. The van der Waals surface area contributed by atoms with Crippen molar-refractivity contribution in [2.24, 2.45) is 0 Å². The van der Waals surface area contributed by atoms with Gasteiger partial charge in [-0.15, -0.1) is 0 Å². The number of thioether (sulfide) groups is 1. The van der Waals surface area contributed by atoms with E-state index in [1.807, 2.05) is 18.4 Å². The molecule has 0 bridgehead atoms. The number of hydrogen-bond acceptors (Lipinski definition) is 9. The Morgan fingerprint density at radius 3 is 2.49 bits per heavy atom. The molecule has 0 spiro atoms. The average Bonchev–Trinajstić information content (AvgIpc) is 3.16. The lowest BCUT2D eigenvalue weighted by Gasteiger charge is -2.19. The second kappa shape index (κ2) is 14.1. The molecule has 3 rings (SSSR count). The molecule has 1 aliphatic carbocycles. The molecule has 0 aromatic heterocycles. The molecule has 2 aromatic rings. The molecule has 0 aliphatic heterocycles. The van der Waals surface area contributed by atoms with Gasteiger partial charge in [0.05, 0.1) is 39.7 Å². The van der Waals surface area contributed by atoms with Gasteiger partial charge in [-0.1, -0.05) is 6.07 Å². The average molecular weight is 560 g/mol. The van der Waals surface area contributed by atoms with Crippen molar-refractivity contribution in [3.8, 4) is 28.4 Å². The lowest BCUT2D eigenvalue weighted by molar-refractivity contribution is -0.122. The van der Waals surface area contributed by atoms with E-state index in [1.165, 1.54) is 20.1 Å². The van der Waals surface area contributed by atoms with Gasteiger partial charge in [-0.3, -0.25) is 14.4 Å². The molecule has 2 atom stereocenters. The summed E-state index contributed by atoms with van der Waals surface area (Å²) in [5.74, 6) is 1.59. The fourth-order valence-corrected chi connectivity index (χ4v) is 5.29. The van der Waals surface area contributed by atoms with Gasteiger partial charge in [0.25, 0.3) is 0 Å². The van der Waals surface area contributed by atoms with Gasteiger partial charge >= 0.3 is 0 Å². The minimum Gasteiger partial charge on any atom is -0.493 e. The highest BCUT2D eigenvalue weighted by Crippen LogP contribution is 2.50. The molecular weight excluding hydrogens is 522 g/mol. The van der Waals surface area contributed by atoms with E-state index in [9.17, 15) is 14.4 Å². The molecule has 2 amide bonds. The summed E-state index contributed by atoms with van der Waals surface area (Å²) in [4.78, 5) is 38.4. The predicted octanol–water partition coefficient (Wildman–Crippen LogP) is 2.51. The number of benzene rings is 1. The van der Waals surface area contributed by atoms with E-state index in [-0.39, 0.29) is 36.1 Å². The van der Waals surface area contributed by atoms with Crippen LogP contribution in [0.4, 0.5) is 5.69 Å². The number of anilines is 1. The van der Waals surface area contributed by atoms with Crippen molar-refractivity contribution in [3.63, 3.8) is 0 Å². The van der Waals surface area contributed by atoms with Crippen molar-refractivity contribution < 1.29 is 28.9 Å². The maximum absolute atomic E-state index is 13.5. The highest BCUT2D eigenvalue weighted by atomic mass is 32.2. The topological polar surface area (TPSA) is 135 Å². The van der Waals surface area contributed by atoms with Crippen LogP contribution in [-0.4, -0.2) is 69.5 Å². The van der Waals surface area contributed by atoms with E-state index in [2.05, 4.69) is 16.0 Å². The molecule has 1 aliphatic rings. The summed E-state index contributed by atoms with van der Waals surface area (Å²) in [6.07, 6.45) is 3.57. The quantitative estimate of drug-likeness (QED) is 0.309. The Bertz CT molecular complexity index is 1250. The molecule has 212 valence electrons. The molecule has 10 nitrogen and oxygen atoms in total. The van der Waals surface area contributed by atoms with Crippen molar-refractivity contribution in [1.82, 2.24) is 10.6 Å². The molecule has 0 saturated carbocycles. The number of hydrogen-bond donors (Lipinski definition) is 4. The van der Waals surface area contributed by atoms with Crippen LogP contribution in [0.2, 0.25) is 0 Å². The Hall–Kier alpha value is -3.44. The first-order valence-corrected chi connectivity index (χ1v) is 14.1. The molecule has 11 heteroatoms. The minimum atomic E-state index is -0.670. The zero-order valence-corrected chi connectivity index (χ0v) is 23.8. The van der Waals surface area contributed by atoms with Crippen molar-refractivity contribution in [2.75, 3.05) is 51.8 Å². The van der Waals surface area contributed by atoms with Gasteiger partial charge in [-0.05, 0) is 66.2 Å². The standard InChI is InChI=1S/C28H37N3O7S/c1-16(33)30-20-8-6-17-14-24(36-2)26(37-3)27(38-4)25(17)18-7-9-21(23(34)15-19(18)20)31-22(10-13-39-5)28(35)29-11-12-32/h7,9,14-15,20,22,32H,6,8,10-13H2,1-5H3,(H,29,35)(H,30,33)(H,31,34)/t20-,22-/m1/s1. The lowest BCUT2D eigenvalue weighted by Crippen LogP contribution is -2.41. The van der Waals surface area contributed by atoms with Gasteiger partial charge in [-0.25, -0.2) is 0 Å². The van der Waals surface area contributed by atoms with E-state index in [0.29, 0.717) is 53.4 Å². The lowest BCUT2D eigenvalue weighted by atomic mass is 9.95. The highest BCUT2D eigenvalue weighted by molar-refractivity contribution is 7.98. The first-order chi connectivity index (χ1) is 18.8. The number of carbonyl (C=O) groups excluding carboxylic acids is 2. The first kappa shape index (κ1) is 30.1. The third-order valence-corrected chi connectivity index (χ3v) is 7.23. The molecule has 0 fully saturated rings. The first-order valence-electron chi connectivity index (χ1n) is 12.7. The number of aliphatic hydroxyl groups excluding tert-OH is 1. The SMILES string of the molecule is COc1cc2c(c(OC)c1OC)-c1ccc(N[C@H](CCSC)C(=O)NCCO)c(=O)cc1[C@H](NC(C)=O)CC2. The second-order valence-corrected chi connectivity index (χ2v) is 10.1. The number of aryl methyl sites for hydroxylation is 1. The molecule has 39 heavy (non-hydrogen) atoms. The van der Waals surface area contributed by atoms with Crippen LogP contribution in [-0.2, 0) is 16.0 Å². The zero-order valence-electron chi connectivity index (χ0n) is 23.0. The van der Waals surface area contributed by atoms with Gasteiger partial charge in [0, 0.05) is 19.0 Å². The van der Waals surface area contributed by atoms with Crippen LogP contribution in [0, 0.1) is 0 Å². The maximum Gasteiger partial charge on any atom is 0.242 e. The largest absolute Gasteiger partial charge is 0.493 e. The van der Waals surface area contributed by atoms with Crippen LogP contribution in [0.15, 0.2) is 29.1 Å². The molecule has 4 N–H and O–H groups in total. The van der Waals surface area contributed by atoms with Gasteiger partial charge in [-0.2, -0.15) is 11.8 Å². The molecule has 0 radical (unpaired) electrons. The number of amides is 2. The summed E-state index contributed by atoms with van der Waals surface area (Å²) < 4.78 is 17.0. The fourth-order valence-electron chi connectivity index (χ4n) is 4.82. The number of rotatable bonds is 12. The number of ether oxygens (including phenoxy) is 3. The summed E-state index contributed by atoms with van der Waals surface area (Å²) in [5.41, 5.74) is 2.94. The normalized spacial score (nSPS) is 14.7. The monoisotopic (exact) mass is 559 g/mol. The maximum atomic E-state index is 13.5. The molecule has 0 unspecified atom stereocenters. The Balaban J connectivity index is 2.23. The number of methoxy groups -OCH3 is 3. The van der Waals surface area contributed by atoms with Gasteiger partial charge in [0.15, 0.2) is 11.5 Å². The third-order valence-electron chi connectivity index (χ3n) is 6.58. The van der Waals surface area contributed by atoms with Crippen LogP contribution in [0.5, 0.6) is 17.2 Å². The van der Waals surface area contributed by atoms with Crippen LogP contribution in [0.3, 0.4) is 0 Å². The minimum absolute atomic E-state index is 0.123. The molecule has 0 heterocycles. The summed E-state index contributed by atoms with van der Waals surface area (Å²) in [5, 5.41) is 17.9. The van der Waals surface area contributed by atoms with E-state index in [1.54, 1.807) is 32.0 Å². The molecular formula is C28H37N3O7S. The molecule has 0 saturated heterocycles. The number of nitrogens with one attached hydrogen (secondary N) is 3. The molecule has 2 aromatic carbocycles. The third kappa shape index (κ3) is 6.96. The van der Waals surface area contributed by atoms with Crippen molar-refractivity contribution >= 4 is 29.3 Å². The summed E-state index contributed by atoms with van der Waals surface area (Å²) in [7, 11) is 4.63. The van der Waals surface area contributed by atoms with E-state index in [0.717, 1.165) is 11.1 Å². The predicted molar refractivity (Wildman–Crippen MR) is 153 cm³/mol. The Kier molecular flexibility index (Phi) is 10.9. The Morgan fingerprint density at radius 2 is 1.87 bits per heavy atom. The van der Waals surface area contributed by atoms with Crippen molar-refractivity contribution in [1.29, 1.82) is 0 Å². The highest BCUT2D eigenvalue weighted by Gasteiger charge is 2.29. The Morgan fingerprint density at radius 1 is 1.13 bits per heavy atom. The zero-order chi connectivity index (χ0) is 28.5. The van der Waals surface area contributed by atoms with Gasteiger partial charge < -0.3 is 35.3 Å². The van der Waals surface area contributed by atoms with Gasteiger partial charge in [0.1, 0.15) is 6.04 Å². The van der Waals surface area contributed by atoms with Crippen LogP contribution >= 0.6 is 11.8 Å². The van der Waals surface area contributed by atoms with Crippen LogP contribution in [0.25, 0.3) is 11.1 Å². The summed E-state index contributed by atoms with van der Waals surface area (Å²) in [6, 6.07) is 5.77. The van der Waals surface area contributed by atoms with E-state index in [4.69, 9.17) is 19.3 Å². The van der Waals surface area contributed by atoms with E-state index < -0.39 is 12.1 Å². The van der Waals surface area contributed by atoms with Crippen molar-refractivity contribution in [2.45, 2.75) is 38.3 Å². The number of fused-ring (bicyclic) bond motifs is 3.